The van der Waals surface area contributed by atoms with Gasteiger partial charge < -0.3 is 11.0 Å². The molecule has 8 radical (unpaired) electrons. The molecule has 0 saturated carbocycles. The summed E-state index contributed by atoms with van der Waals surface area (Å²) in [7, 11) is 0. The minimum Gasteiger partial charge on any atom is -0.412 e. The maximum Gasteiger partial charge on any atom is 0 e. The molecule has 0 bridgehead atoms. The molecule has 0 fully saturated rings. The number of hydrogen-bond donors (Lipinski definition) is 0. The van der Waals surface area contributed by atoms with Crippen molar-refractivity contribution in [2.75, 3.05) is 0 Å². The fraction of sp³-hybridized carbons (Fsp3) is 0. The van der Waals surface area contributed by atoms with Crippen molar-refractivity contribution in [2.24, 2.45) is 0 Å². The second-order valence-corrected chi connectivity index (χ2v) is 0. The monoisotopic (exact) mass is 114 g/mol. The minimum absolute atomic E-state index is 0. The van der Waals surface area contributed by atoms with Crippen LogP contribution in [0.4, 0.5) is 0 Å². The predicted octanol–water partition coefficient (Wildman–Crippen LogP) is -2.79. The van der Waals surface area contributed by atoms with Crippen molar-refractivity contribution in [2.45, 2.75) is 0 Å². The van der Waals surface area contributed by atoms with E-state index in [0.717, 1.165) is 0 Å². The molecule has 0 amide bonds. The Kier molecular flexibility index (Phi) is 682. The smallest absolute Gasteiger partial charge is 0 e. The summed E-state index contributed by atoms with van der Waals surface area (Å²) in [6.07, 6.45) is 0. The van der Waals surface area contributed by atoms with E-state index in [-0.39, 0.29) is 68.8 Å². The average molecular weight is 114 g/mol. The molecule has 0 unspecified atom stereocenters. The van der Waals surface area contributed by atoms with Crippen LogP contribution in [-0.4, -0.2) is 68.8 Å². The van der Waals surface area contributed by atoms with E-state index in [1.807, 2.05) is 0 Å². The average Bonchev–Trinajstić information content (AvgIpc) is 0. The zero-order valence-electron chi connectivity index (χ0n) is 3.08. The summed E-state index contributed by atoms with van der Waals surface area (Å²) in [4.78, 5) is 0. The first-order valence-electron chi connectivity index (χ1n) is 0. The zero-order valence-corrected chi connectivity index (χ0v) is 7.23. The topological polar surface area (TPSA) is 63.0 Å². The molecule has 5 heteroatoms. The number of hydrogen-bond acceptors (Lipinski definition) is 0. The molecule has 24 valence electrons. The molecule has 0 heterocycles. The van der Waals surface area contributed by atoms with E-state index in [4.69, 9.17) is 0 Å². The quantitative estimate of drug-likeness (QED) is 0.305. The molecule has 0 saturated heterocycles. The van der Waals surface area contributed by atoms with Gasteiger partial charge >= 0.3 is 0 Å². The zero-order chi connectivity index (χ0) is 0. The van der Waals surface area contributed by atoms with Gasteiger partial charge in [0.25, 0.3) is 0 Å². The van der Waals surface area contributed by atoms with Crippen LogP contribution in [0.25, 0.3) is 0 Å². The van der Waals surface area contributed by atoms with Crippen LogP contribution in [0.15, 0.2) is 0 Å². The van der Waals surface area contributed by atoms with Crippen LogP contribution in [-0.2, 0) is 0 Å². The Balaban J connectivity index is 0. The third kappa shape index (κ3) is 27.4. The van der Waals surface area contributed by atoms with Crippen LogP contribution >= 0.6 is 0 Å². The molecule has 5 heavy (non-hydrogen) atoms. The van der Waals surface area contributed by atoms with Crippen molar-refractivity contribution in [3.05, 3.63) is 0 Å². The SMILES string of the molecule is O.O.[Al].[Na].[Si]. The Morgan fingerprint density at radius 2 is 0.800 bits per heavy atom. The Bertz CT molecular complexity index is 9.61. The molecule has 0 aliphatic heterocycles. The van der Waals surface area contributed by atoms with Crippen molar-refractivity contribution < 1.29 is 11.0 Å². The molecule has 0 atom stereocenters. The Morgan fingerprint density at radius 3 is 0.800 bits per heavy atom. The molecule has 0 aliphatic carbocycles. The molecule has 0 aromatic heterocycles. The van der Waals surface area contributed by atoms with Crippen molar-refractivity contribution in [3.8, 4) is 0 Å². The van der Waals surface area contributed by atoms with Crippen molar-refractivity contribution >= 4 is 57.9 Å². The summed E-state index contributed by atoms with van der Waals surface area (Å²) in [5, 5.41) is 0. The second kappa shape index (κ2) is 44.4. The molecule has 0 aliphatic rings. The van der Waals surface area contributed by atoms with Crippen LogP contribution in [0.1, 0.15) is 0 Å². The van der Waals surface area contributed by atoms with Crippen LogP contribution in [0.3, 0.4) is 0 Å². The van der Waals surface area contributed by atoms with Crippen LogP contribution in [0.2, 0.25) is 0 Å². The Hall–Kier alpha value is 1.67. The van der Waals surface area contributed by atoms with Gasteiger partial charge in [0.15, 0.2) is 0 Å². The van der Waals surface area contributed by atoms with Crippen molar-refractivity contribution in [3.63, 3.8) is 0 Å². The number of rotatable bonds is 0. The van der Waals surface area contributed by atoms with E-state index in [9.17, 15) is 0 Å². The van der Waals surface area contributed by atoms with Gasteiger partial charge in [0.1, 0.15) is 0 Å². The summed E-state index contributed by atoms with van der Waals surface area (Å²) in [5.74, 6) is 0. The Labute approximate surface area is 68.4 Å². The van der Waals surface area contributed by atoms with Gasteiger partial charge in [0.2, 0.25) is 0 Å². The molecule has 0 spiro atoms. The van der Waals surface area contributed by atoms with Crippen molar-refractivity contribution in [1.82, 2.24) is 0 Å². The summed E-state index contributed by atoms with van der Waals surface area (Å²) < 4.78 is 0. The van der Waals surface area contributed by atoms with Gasteiger partial charge in [-0.15, -0.1) is 0 Å². The van der Waals surface area contributed by atoms with Gasteiger partial charge in [-0.25, -0.2) is 0 Å². The van der Waals surface area contributed by atoms with E-state index in [1.54, 1.807) is 0 Å². The van der Waals surface area contributed by atoms with Gasteiger partial charge in [-0.1, -0.05) is 0 Å². The standard InChI is InChI=1S/Al.Na.2H2O.Si/h;;2*1H2;. The van der Waals surface area contributed by atoms with Crippen LogP contribution < -0.4 is 0 Å². The van der Waals surface area contributed by atoms with Gasteiger partial charge in [0.05, 0.1) is 0 Å². The van der Waals surface area contributed by atoms with Gasteiger partial charge in [-0.2, -0.15) is 0 Å². The molecular formula is H4AlNaO2Si. The first kappa shape index (κ1) is 76.9. The van der Waals surface area contributed by atoms with Crippen molar-refractivity contribution in [1.29, 1.82) is 0 Å². The van der Waals surface area contributed by atoms with Crippen LogP contribution in [0.5, 0.6) is 0 Å². The third-order valence-corrected chi connectivity index (χ3v) is 0. The second-order valence-electron chi connectivity index (χ2n) is 0. The van der Waals surface area contributed by atoms with Gasteiger partial charge in [-0.05, 0) is 0 Å². The van der Waals surface area contributed by atoms with E-state index in [2.05, 4.69) is 0 Å². The normalized spacial score (nSPS) is 0. The first-order valence-corrected chi connectivity index (χ1v) is 0. The summed E-state index contributed by atoms with van der Waals surface area (Å²) in [6.45, 7) is 0. The third-order valence-electron chi connectivity index (χ3n) is 0. The fourth-order valence-electron chi connectivity index (χ4n) is 0. The maximum atomic E-state index is 0. The molecular weight excluding hydrogens is 110 g/mol. The first-order chi connectivity index (χ1) is 0. The summed E-state index contributed by atoms with van der Waals surface area (Å²) in [5.41, 5.74) is 0. The van der Waals surface area contributed by atoms with Gasteiger partial charge in [-0.3, -0.25) is 0 Å². The van der Waals surface area contributed by atoms with E-state index in [1.165, 1.54) is 0 Å². The van der Waals surface area contributed by atoms with Crippen LogP contribution in [0, 0.1) is 0 Å². The summed E-state index contributed by atoms with van der Waals surface area (Å²) >= 11 is 0. The minimum atomic E-state index is 0. The Morgan fingerprint density at radius 1 is 0.800 bits per heavy atom. The van der Waals surface area contributed by atoms with Gasteiger partial charge in [0, 0.05) is 57.9 Å². The predicted molar refractivity (Wildman–Crippen MR) is 24.5 cm³/mol. The molecule has 2 nitrogen and oxygen atoms in total. The van der Waals surface area contributed by atoms with E-state index < -0.39 is 0 Å². The van der Waals surface area contributed by atoms with E-state index >= 15 is 0 Å². The van der Waals surface area contributed by atoms with E-state index in [0.29, 0.717) is 0 Å². The molecule has 0 aromatic rings. The fourth-order valence-corrected chi connectivity index (χ4v) is 0. The molecule has 0 rings (SSSR count). The maximum absolute atomic E-state index is 0. The molecule has 0 aromatic carbocycles. The molecule has 4 N–H and O–H groups in total. The summed E-state index contributed by atoms with van der Waals surface area (Å²) in [6, 6.07) is 0. The largest absolute Gasteiger partial charge is 0.412 e.